The second kappa shape index (κ2) is 14.6. The predicted molar refractivity (Wildman–Crippen MR) is 106 cm³/mol. The molecule has 0 spiro atoms. The van der Waals surface area contributed by atoms with Gasteiger partial charge in [-0.25, -0.2) is 0 Å². The summed E-state index contributed by atoms with van der Waals surface area (Å²) in [5.74, 6) is 8.12. The predicted octanol–water partition coefficient (Wildman–Crippen LogP) is 6.08. The zero-order valence-corrected chi connectivity index (χ0v) is 16.5. The van der Waals surface area contributed by atoms with Crippen LogP contribution in [-0.2, 0) is 0 Å². The molecule has 1 heteroatoms. The van der Waals surface area contributed by atoms with E-state index in [0.29, 0.717) is 5.92 Å². The van der Waals surface area contributed by atoms with Crippen LogP contribution >= 0.6 is 0 Å². The zero-order valence-electron chi connectivity index (χ0n) is 16.5. The summed E-state index contributed by atoms with van der Waals surface area (Å²) in [6.45, 7) is 12.6. The SMILES string of the molecule is CC.CC.CC1=CCC(CN(C)CCC2CC#CCCC2)C=C1. The molecule has 0 N–H and O–H groups in total. The van der Waals surface area contributed by atoms with Gasteiger partial charge in [-0.15, -0.1) is 11.8 Å². The maximum atomic E-state index is 3.32. The van der Waals surface area contributed by atoms with E-state index in [1.807, 2.05) is 27.7 Å². The van der Waals surface area contributed by atoms with Gasteiger partial charge >= 0.3 is 0 Å². The summed E-state index contributed by atoms with van der Waals surface area (Å²) in [6, 6.07) is 0. The average molecular weight is 318 g/mol. The lowest BCUT2D eigenvalue weighted by atomic mass is 9.95. The van der Waals surface area contributed by atoms with E-state index in [9.17, 15) is 0 Å². The summed E-state index contributed by atoms with van der Waals surface area (Å²) in [5.41, 5.74) is 1.41. The van der Waals surface area contributed by atoms with Crippen LogP contribution in [0.5, 0.6) is 0 Å². The zero-order chi connectivity index (χ0) is 17.5. The molecule has 2 unspecified atom stereocenters. The Labute approximate surface area is 146 Å². The molecule has 0 saturated heterocycles. The van der Waals surface area contributed by atoms with Gasteiger partial charge in [0, 0.05) is 19.4 Å². The van der Waals surface area contributed by atoms with Crippen LogP contribution in [-0.4, -0.2) is 25.0 Å². The molecule has 1 nitrogen and oxygen atoms in total. The van der Waals surface area contributed by atoms with Gasteiger partial charge in [0.05, 0.1) is 0 Å². The molecule has 0 aliphatic heterocycles. The minimum Gasteiger partial charge on any atom is -0.306 e. The first kappa shape index (κ1) is 22.0. The first-order valence-corrected chi connectivity index (χ1v) is 9.73. The lowest BCUT2D eigenvalue weighted by Gasteiger charge is -2.24. The van der Waals surface area contributed by atoms with Crippen LogP contribution < -0.4 is 0 Å². The van der Waals surface area contributed by atoms with Crippen molar-refractivity contribution in [3.05, 3.63) is 23.8 Å². The van der Waals surface area contributed by atoms with Crippen molar-refractivity contribution in [3.63, 3.8) is 0 Å². The van der Waals surface area contributed by atoms with E-state index >= 15 is 0 Å². The van der Waals surface area contributed by atoms with Gasteiger partial charge in [0.25, 0.3) is 0 Å². The van der Waals surface area contributed by atoms with Crippen molar-refractivity contribution in [2.24, 2.45) is 11.8 Å². The van der Waals surface area contributed by atoms with Gasteiger partial charge in [0.15, 0.2) is 0 Å². The maximum absolute atomic E-state index is 3.32. The van der Waals surface area contributed by atoms with E-state index in [2.05, 4.69) is 48.9 Å². The highest BCUT2D eigenvalue weighted by Crippen LogP contribution is 2.20. The van der Waals surface area contributed by atoms with E-state index in [4.69, 9.17) is 0 Å². The van der Waals surface area contributed by atoms with Crippen LogP contribution in [0.3, 0.4) is 0 Å². The topological polar surface area (TPSA) is 3.24 Å². The van der Waals surface area contributed by atoms with Crippen LogP contribution in [0.4, 0.5) is 0 Å². The van der Waals surface area contributed by atoms with Gasteiger partial charge in [-0.05, 0) is 58.0 Å². The normalized spacial score (nSPS) is 22.5. The Bertz CT molecular complexity index is 394. The third-order valence-electron chi connectivity index (χ3n) is 4.27. The molecule has 132 valence electrons. The maximum Gasteiger partial charge on any atom is 0.0117 e. The first-order valence-electron chi connectivity index (χ1n) is 9.73. The quantitative estimate of drug-likeness (QED) is 0.556. The fraction of sp³-hybridized carbons (Fsp3) is 0.727. The van der Waals surface area contributed by atoms with E-state index in [1.165, 1.54) is 44.3 Å². The molecule has 0 aromatic rings. The molecule has 0 aromatic carbocycles. The molecule has 0 amide bonds. The Kier molecular flexibility index (Phi) is 13.9. The van der Waals surface area contributed by atoms with Crippen molar-refractivity contribution >= 4 is 0 Å². The number of hydrogen-bond donors (Lipinski definition) is 0. The summed E-state index contributed by atoms with van der Waals surface area (Å²) in [5, 5.41) is 0. The largest absolute Gasteiger partial charge is 0.306 e. The minimum absolute atomic E-state index is 0.711. The van der Waals surface area contributed by atoms with E-state index in [1.54, 1.807) is 0 Å². The van der Waals surface area contributed by atoms with Crippen LogP contribution in [0.1, 0.15) is 73.1 Å². The molecule has 2 atom stereocenters. The van der Waals surface area contributed by atoms with Gasteiger partial charge in [-0.1, -0.05) is 51.5 Å². The van der Waals surface area contributed by atoms with Gasteiger partial charge in [-0.2, -0.15) is 0 Å². The van der Waals surface area contributed by atoms with Crippen molar-refractivity contribution in [2.45, 2.75) is 73.1 Å². The lowest BCUT2D eigenvalue weighted by Crippen LogP contribution is -2.27. The van der Waals surface area contributed by atoms with Crippen LogP contribution in [0.25, 0.3) is 0 Å². The molecule has 0 radical (unpaired) electrons. The van der Waals surface area contributed by atoms with E-state index in [0.717, 1.165) is 18.8 Å². The highest BCUT2D eigenvalue weighted by molar-refractivity contribution is 5.21. The fourth-order valence-corrected chi connectivity index (χ4v) is 2.93. The molecule has 2 aliphatic rings. The molecule has 23 heavy (non-hydrogen) atoms. The number of hydrogen-bond acceptors (Lipinski definition) is 1. The number of allylic oxidation sites excluding steroid dienone is 3. The smallest absolute Gasteiger partial charge is 0.0117 e. The van der Waals surface area contributed by atoms with Crippen LogP contribution in [0.2, 0.25) is 0 Å². The Balaban J connectivity index is 0.00000112. The average Bonchev–Trinajstić information content (AvgIpc) is 2.88. The summed E-state index contributed by atoms with van der Waals surface area (Å²) in [6.07, 6.45) is 14.4. The molecule has 2 rings (SSSR count). The monoisotopic (exact) mass is 317 g/mol. The Morgan fingerprint density at radius 3 is 2.57 bits per heavy atom. The second-order valence-electron chi connectivity index (χ2n) is 6.17. The summed E-state index contributed by atoms with van der Waals surface area (Å²) in [7, 11) is 2.27. The Morgan fingerprint density at radius 2 is 1.91 bits per heavy atom. The van der Waals surface area contributed by atoms with Gasteiger partial charge in [-0.3, -0.25) is 0 Å². The first-order chi connectivity index (χ1) is 11.2. The molecule has 2 aliphatic carbocycles. The Morgan fingerprint density at radius 1 is 1.17 bits per heavy atom. The van der Waals surface area contributed by atoms with Gasteiger partial charge < -0.3 is 4.90 Å². The molecule has 0 bridgehead atoms. The van der Waals surface area contributed by atoms with Crippen LogP contribution in [0.15, 0.2) is 23.8 Å². The van der Waals surface area contributed by atoms with Crippen molar-refractivity contribution in [1.29, 1.82) is 0 Å². The molecular formula is C22H39N. The summed E-state index contributed by atoms with van der Waals surface area (Å²) in [4.78, 5) is 2.50. The molecule has 0 fully saturated rings. The minimum atomic E-state index is 0.711. The molecule has 0 heterocycles. The van der Waals surface area contributed by atoms with Crippen LogP contribution in [0, 0.1) is 23.7 Å². The second-order valence-corrected chi connectivity index (χ2v) is 6.17. The van der Waals surface area contributed by atoms with E-state index < -0.39 is 0 Å². The molecular weight excluding hydrogens is 278 g/mol. The third-order valence-corrected chi connectivity index (χ3v) is 4.27. The lowest BCUT2D eigenvalue weighted by molar-refractivity contribution is 0.270. The fourth-order valence-electron chi connectivity index (χ4n) is 2.93. The van der Waals surface area contributed by atoms with Crippen molar-refractivity contribution in [1.82, 2.24) is 4.90 Å². The molecule has 0 aromatic heterocycles. The van der Waals surface area contributed by atoms with Crippen molar-refractivity contribution in [3.8, 4) is 11.8 Å². The van der Waals surface area contributed by atoms with Crippen molar-refractivity contribution in [2.75, 3.05) is 20.1 Å². The Hall–Kier alpha value is -1.00. The highest BCUT2D eigenvalue weighted by atomic mass is 15.1. The standard InChI is InChI=1S/C18H27N.2C2H6/c1-16-9-11-18(12-10-16)15-19(2)14-13-17-7-5-3-4-6-8-17;2*1-2/h9-11,17-18H,3,5,7-8,12-15H2,1-2H3;2*1-2H3. The summed E-state index contributed by atoms with van der Waals surface area (Å²) < 4.78 is 0. The number of nitrogens with zero attached hydrogens (tertiary/aromatic N) is 1. The molecule has 0 saturated carbocycles. The van der Waals surface area contributed by atoms with Gasteiger partial charge in [0.1, 0.15) is 0 Å². The highest BCUT2D eigenvalue weighted by Gasteiger charge is 2.13. The summed E-state index contributed by atoms with van der Waals surface area (Å²) >= 11 is 0. The van der Waals surface area contributed by atoms with E-state index in [-0.39, 0.29) is 0 Å². The third kappa shape index (κ3) is 10.4. The van der Waals surface area contributed by atoms with Gasteiger partial charge in [0.2, 0.25) is 0 Å². The van der Waals surface area contributed by atoms with Crippen molar-refractivity contribution < 1.29 is 0 Å². The number of rotatable bonds is 5.